The van der Waals surface area contributed by atoms with Crippen molar-refractivity contribution >= 4 is 45.9 Å². The van der Waals surface area contributed by atoms with Crippen LogP contribution in [0.3, 0.4) is 0 Å². The molecular formula is C34H28N2O3S2. The number of hydrogen-bond acceptors (Lipinski definition) is 6. The Balaban J connectivity index is 1.48. The van der Waals surface area contributed by atoms with Crippen LogP contribution in [0.1, 0.15) is 36.1 Å². The highest BCUT2D eigenvalue weighted by atomic mass is 32.2. The van der Waals surface area contributed by atoms with Crippen molar-refractivity contribution < 1.29 is 9.53 Å². The Morgan fingerprint density at radius 1 is 0.951 bits per heavy atom. The van der Waals surface area contributed by atoms with Crippen LogP contribution in [0, 0.1) is 0 Å². The van der Waals surface area contributed by atoms with E-state index in [-0.39, 0.29) is 5.56 Å². The Labute approximate surface area is 246 Å². The molecule has 1 aromatic heterocycles. The molecule has 0 saturated carbocycles. The zero-order valence-corrected chi connectivity index (χ0v) is 24.4. The van der Waals surface area contributed by atoms with Crippen LogP contribution >= 0.6 is 23.1 Å². The zero-order valence-electron chi connectivity index (χ0n) is 22.7. The van der Waals surface area contributed by atoms with Crippen molar-refractivity contribution in [3.8, 4) is 0 Å². The van der Waals surface area contributed by atoms with Crippen molar-refractivity contribution in [1.82, 2.24) is 4.57 Å². The second-order valence-electron chi connectivity index (χ2n) is 9.67. The standard InChI is InChI=1S/C34H28N2O3S2/c1-3-27-30(33(38)39-2)31(23-14-8-5-9-15-23)36-32(37)29(41-34(36)35-27)20-24-18-19-28(26-17-11-10-16-25(24)26)40-21-22-12-6-4-7-13-22/h4-20,31H,3,21H2,1-2H3/b29-20-/t31-/m0/s1. The monoisotopic (exact) mass is 576 g/mol. The number of hydrogen-bond donors (Lipinski definition) is 0. The molecule has 0 saturated heterocycles. The number of fused-ring (bicyclic) bond motifs is 2. The largest absolute Gasteiger partial charge is 0.466 e. The Morgan fingerprint density at radius 3 is 2.34 bits per heavy atom. The lowest BCUT2D eigenvalue weighted by Gasteiger charge is -2.25. The molecule has 0 amide bonds. The second kappa shape index (κ2) is 11.7. The van der Waals surface area contributed by atoms with Crippen LogP contribution in [0.5, 0.6) is 0 Å². The molecule has 0 unspecified atom stereocenters. The summed E-state index contributed by atoms with van der Waals surface area (Å²) in [7, 11) is 1.36. The number of nitrogens with zero attached hydrogens (tertiary/aromatic N) is 2. The lowest BCUT2D eigenvalue weighted by atomic mass is 9.95. The quantitative estimate of drug-likeness (QED) is 0.170. The molecule has 5 aromatic rings. The first kappa shape index (κ1) is 27.0. The number of benzene rings is 4. The van der Waals surface area contributed by atoms with E-state index in [1.165, 1.54) is 28.9 Å². The first-order chi connectivity index (χ1) is 20.1. The number of carbonyl (C=O) groups is 1. The van der Waals surface area contributed by atoms with E-state index in [1.807, 2.05) is 73.3 Å². The van der Waals surface area contributed by atoms with Crippen LogP contribution < -0.4 is 14.9 Å². The summed E-state index contributed by atoms with van der Waals surface area (Å²) in [5.41, 5.74) is 3.96. The summed E-state index contributed by atoms with van der Waals surface area (Å²) >= 11 is 3.16. The Hall–Kier alpha value is -4.20. The minimum Gasteiger partial charge on any atom is -0.466 e. The van der Waals surface area contributed by atoms with Gasteiger partial charge in [-0.15, -0.1) is 11.8 Å². The number of thioether (sulfide) groups is 1. The third-order valence-electron chi connectivity index (χ3n) is 7.21. The van der Waals surface area contributed by atoms with E-state index in [2.05, 4.69) is 48.5 Å². The molecule has 1 atom stereocenters. The van der Waals surface area contributed by atoms with Crippen molar-refractivity contribution in [2.45, 2.75) is 30.0 Å². The fraction of sp³-hybridized carbons (Fsp3) is 0.147. The average Bonchev–Trinajstić information content (AvgIpc) is 3.34. The fourth-order valence-corrected chi connectivity index (χ4v) is 7.26. The fourth-order valence-electron chi connectivity index (χ4n) is 5.24. The molecule has 1 aliphatic rings. The Morgan fingerprint density at radius 2 is 1.63 bits per heavy atom. The number of ether oxygens (including phenoxy) is 1. The molecule has 0 bridgehead atoms. The molecule has 204 valence electrons. The average molecular weight is 577 g/mol. The normalized spacial score (nSPS) is 15.1. The molecule has 1 aliphatic heterocycles. The maximum atomic E-state index is 14.0. The van der Waals surface area contributed by atoms with Crippen molar-refractivity contribution in [3.05, 3.63) is 145 Å². The minimum absolute atomic E-state index is 0.175. The second-order valence-corrected chi connectivity index (χ2v) is 11.7. The first-order valence-corrected chi connectivity index (χ1v) is 15.3. The van der Waals surface area contributed by atoms with Crippen LogP contribution in [-0.4, -0.2) is 17.6 Å². The van der Waals surface area contributed by atoms with Gasteiger partial charge in [-0.3, -0.25) is 9.36 Å². The smallest absolute Gasteiger partial charge is 0.338 e. The summed E-state index contributed by atoms with van der Waals surface area (Å²) < 4.78 is 7.37. The number of carbonyl (C=O) groups excluding carboxylic acids is 1. The number of methoxy groups -OCH3 is 1. The maximum Gasteiger partial charge on any atom is 0.338 e. The summed E-state index contributed by atoms with van der Waals surface area (Å²) in [6.45, 7) is 1.96. The SMILES string of the molecule is CCC1=C(C(=O)OC)[C@H](c2ccccc2)n2c(s/c(=C\c3ccc(SCc4ccccc4)c4ccccc34)c2=O)=N1. The lowest BCUT2D eigenvalue weighted by Crippen LogP contribution is -2.40. The van der Waals surface area contributed by atoms with Crippen molar-refractivity contribution in [3.63, 3.8) is 0 Å². The topological polar surface area (TPSA) is 60.7 Å². The van der Waals surface area contributed by atoms with Crippen LogP contribution in [0.15, 0.2) is 123 Å². The molecule has 0 N–H and O–H groups in total. The van der Waals surface area contributed by atoms with Gasteiger partial charge in [-0.25, -0.2) is 9.79 Å². The van der Waals surface area contributed by atoms with Gasteiger partial charge in [-0.2, -0.15) is 0 Å². The molecule has 2 heterocycles. The van der Waals surface area contributed by atoms with E-state index in [9.17, 15) is 9.59 Å². The Bertz CT molecular complexity index is 1960. The molecule has 0 fully saturated rings. The number of rotatable bonds is 7. The molecule has 7 heteroatoms. The van der Waals surface area contributed by atoms with Gasteiger partial charge in [0.1, 0.15) is 0 Å². The van der Waals surface area contributed by atoms with Crippen LogP contribution in [0.25, 0.3) is 16.8 Å². The van der Waals surface area contributed by atoms with Crippen molar-refractivity contribution in [1.29, 1.82) is 0 Å². The van der Waals surface area contributed by atoms with Gasteiger partial charge >= 0.3 is 5.97 Å². The number of esters is 1. The number of aromatic nitrogens is 1. The highest BCUT2D eigenvalue weighted by Gasteiger charge is 2.33. The van der Waals surface area contributed by atoms with E-state index in [4.69, 9.17) is 9.73 Å². The molecule has 5 nitrogen and oxygen atoms in total. The molecule has 6 rings (SSSR count). The molecule has 0 spiro atoms. The van der Waals surface area contributed by atoms with Gasteiger partial charge in [-0.1, -0.05) is 109 Å². The van der Waals surface area contributed by atoms with Gasteiger partial charge in [-0.05, 0) is 46.0 Å². The van der Waals surface area contributed by atoms with Crippen molar-refractivity contribution in [2.75, 3.05) is 7.11 Å². The highest BCUT2D eigenvalue weighted by Crippen LogP contribution is 2.33. The summed E-state index contributed by atoms with van der Waals surface area (Å²) in [6.07, 6.45) is 2.50. The number of allylic oxidation sites excluding steroid dienone is 1. The molecular weight excluding hydrogens is 549 g/mol. The summed E-state index contributed by atoms with van der Waals surface area (Å²) in [5, 5.41) is 2.24. The van der Waals surface area contributed by atoms with Crippen LogP contribution in [0.2, 0.25) is 0 Å². The third kappa shape index (κ3) is 5.19. The Kier molecular flexibility index (Phi) is 7.72. The van der Waals surface area contributed by atoms with E-state index < -0.39 is 12.0 Å². The first-order valence-electron chi connectivity index (χ1n) is 13.5. The van der Waals surface area contributed by atoms with Gasteiger partial charge in [0.05, 0.1) is 29.0 Å². The van der Waals surface area contributed by atoms with Gasteiger partial charge in [0.2, 0.25) is 0 Å². The van der Waals surface area contributed by atoms with E-state index in [1.54, 1.807) is 4.57 Å². The van der Waals surface area contributed by atoms with Gasteiger partial charge in [0.25, 0.3) is 5.56 Å². The van der Waals surface area contributed by atoms with Gasteiger partial charge in [0.15, 0.2) is 4.80 Å². The lowest BCUT2D eigenvalue weighted by molar-refractivity contribution is -0.136. The van der Waals surface area contributed by atoms with E-state index in [0.29, 0.717) is 27.0 Å². The van der Waals surface area contributed by atoms with Crippen molar-refractivity contribution in [2.24, 2.45) is 4.99 Å². The predicted octanol–water partition coefficient (Wildman–Crippen LogP) is 6.24. The predicted molar refractivity (Wildman–Crippen MR) is 167 cm³/mol. The van der Waals surface area contributed by atoms with Gasteiger partial charge < -0.3 is 4.74 Å². The number of thiazole rings is 1. The maximum absolute atomic E-state index is 14.0. The van der Waals surface area contributed by atoms with E-state index in [0.717, 1.165) is 27.7 Å². The molecule has 4 aromatic carbocycles. The molecule has 0 aliphatic carbocycles. The summed E-state index contributed by atoms with van der Waals surface area (Å²) in [5.74, 6) is 0.410. The third-order valence-corrected chi connectivity index (χ3v) is 9.33. The van der Waals surface area contributed by atoms with Gasteiger partial charge in [0, 0.05) is 10.6 Å². The van der Waals surface area contributed by atoms with Crippen LogP contribution in [-0.2, 0) is 15.3 Å². The van der Waals surface area contributed by atoms with Crippen LogP contribution in [0.4, 0.5) is 0 Å². The molecule has 0 radical (unpaired) electrons. The zero-order chi connectivity index (χ0) is 28.3. The van der Waals surface area contributed by atoms with E-state index >= 15 is 0 Å². The summed E-state index contributed by atoms with van der Waals surface area (Å²) in [4.78, 5) is 33.6. The minimum atomic E-state index is -0.606. The highest BCUT2D eigenvalue weighted by molar-refractivity contribution is 7.98. The molecule has 41 heavy (non-hydrogen) atoms. The summed E-state index contributed by atoms with van der Waals surface area (Å²) in [6, 6.07) is 32.0.